The van der Waals surface area contributed by atoms with E-state index in [-0.39, 0.29) is 0 Å². The van der Waals surface area contributed by atoms with Gasteiger partial charge in [-0.3, -0.25) is 0 Å². The number of aromatic nitrogens is 3. The number of hydrogen-bond donors (Lipinski definition) is 1. The Morgan fingerprint density at radius 1 is 1.22 bits per heavy atom. The van der Waals surface area contributed by atoms with Crippen LogP contribution in [0.3, 0.4) is 0 Å². The average Bonchev–Trinajstić information content (AvgIpc) is 3.46. The number of nitrogens with zero attached hydrogens (tertiary/aromatic N) is 3. The van der Waals surface area contributed by atoms with Gasteiger partial charge in [-0.2, -0.15) is 0 Å². The highest BCUT2D eigenvalue weighted by atomic mass is 32.2. The molecule has 4 rings (SSSR count). The summed E-state index contributed by atoms with van der Waals surface area (Å²) in [7, 11) is 1.67. The molecule has 3 aromatic heterocycles. The average molecular weight is 417 g/mol. The van der Waals surface area contributed by atoms with Crippen LogP contribution in [0.15, 0.2) is 56.8 Å². The number of anilines is 1. The first-order valence-corrected chi connectivity index (χ1v) is 10.8. The minimum atomic E-state index is 0.599. The fraction of sp³-hybridized carbons (Fsp3) is 0.167. The van der Waals surface area contributed by atoms with Crippen LogP contribution < -0.4 is 10.1 Å². The summed E-state index contributed by atoms with van der Waals surface area (Å²) in [5.74, 6) is 2.46. The summed E-state index contributed by atoms with van der Waals surface area (Å²) < 4.78 is 11.5. The first-order chi connectivity index (χ1) is 13.3. The molecule has 0 bridgehead atoms. The molecule has 0 saturated heterocycles. The predicted octanol–water partition coefficient (Wildman–Crippen LogP) is 5.17. The largest absolute Gasteiger partial charge is 0.497 e. The van der Waals surface area contributed by atoms with Crippen molar-refractivity contribution in [3.63, 3.8) is 0 Å². The van der Waals surface area contributed by atoms with E-state index < -0.39 is 0 Å². The number of methoxy groups -OCH3 is 1. The molecule has 0 aliphatic rings. The summed E-state index contributed by atoms with van der Waals surface area (Å²) in [5.41, 5.74) is 2.10. The molecular formula is C18H16N4O2S3. The fourth-order valence-corrected chi connectivity index (χ4v) is 4.88. The normalized spacial score (nSPS) is 10.9. The molecule has 0 radical (unpaired) electrons. The van der Waals surface area contributed by atoms with E-state index in [1.165, 1.54) is 11.3 Å². The molecule has 3 heterocycles. The van der Waals surface area contributed by atoms with Gasteiger partial charge in [0, 0.05) is 16.7 Å². The molecule has 0 aliphatic heterocycles. The lowest BCUT2D eigenvalue weighted by molar-refractivity contribution is 0.415. The summed E-state index contributed by atoms with van der Waals surface area (Å²) in [5, 5.41) is 15.4. The predicted molar refractivity (Wildman–Crippen MR) is 110 cm³/mol. The second-order valence-corrected chi connectivity index (χ2v) is 8.53. The minimum Gasteiger partial charge on any atom is -0.497 e. The van der Waals surface area contributed by atoms with Gasteiger partial charge < -0.3 is 14.5 Å². The highest BCUT2D eigenvalue weighted by Crippen LogP contribution is 2.31. The molecule has 0 unspecified atom stereocenters. The Hall–Kier alpha value is -2.36. The molecule has 1 N–H and O–H groups in total. The van der Waals surface area contributed by atoms with Crippen LogP contribution in [0, 0.1) is 0 Å². The van der Waals surface area contributed by atoms with Crippen LogP contribution in [0.1, 0.15) is 11.5 Å². The highest BCUT2D eigenvalue weighted by molar-refractivity contribution is 8.00. The lowest BCUT2D eigenvalue weighted by Gasteiger charge is -2.01. The molecule has 0 amide bonds. The minimum absolute atomic E-state index is 0.599. The van der Waals surface area contributed by atoms with Gasteiger partial charge in [0.05, 0.1) is 25.6 Å². The van der Waals surface area contributed by atoms with Crippen LogP contribution in [-0.4, -0.2) is 22.3 Å². The SMILES string of the molecule is COc1cccc(-c2nc(CSc3nnc(NCc4ccco4)s3)cs2)c1. The fourth-order valence-electron chi connectivity index (χ4n) is 2.31. The Morgan fingerprint density at radius 3 is 3.04 bits per heavy atom. The van der Waals surface area contributed by atoms with Gasteiger partial charge in [-0.1, -0.05) is 35.2 Å². The van der Waals surface area contributed by atoms with Gasteiger partial charge in [-0.25, -0.2) is 4.98 Å². The van der Waals surface area contributed by atoms with Crippen LogP contribution in [0.2, 0.25) is 0 Å². The number of furan rings is 1. The third-order valence-electron chi connectivity index (χ3n) is 3.61. The van der Waals surface area contributed by atoms with Crippen molar-refractivity contribution in [2.75, 3.05) is 12.4 Å². The Morgan fingerprint density at radius 2 is 2.19 bits per heavy atom. The molecule has 27 heavy (non-hydrogen) atoms. The number of ether oxygens (including phenoxy) is 1. The van der Waals surface area contributed by atoms with E-state index in [1.54, 1.807) is 36.5 Å². The van der Waals surface area contributed by atoms with Crippen molar-refractivity contribution in [2.24, 2.45) is 0 Å². The number of thiazole rings is 1. The van der Waals surface area contributed by atoms with E-state index in [0.717, 1.165) is 43.0 Å². The molecular weight excluding hydrogens is 400 g/mol. The summed E-state index contributed by atoms with van der Waals surface area (Å²) in [6.45, 7) is 0.599. The van der Waals surface area contributed by atoms with Crippen molar-refractivity contribution in [1.82, 2.24) is 15.2 Å². The molecule has 1 aromatic carbocycles. The van der Waals surface area contributed by atoms with Crippen molar-refractivity contribution >= 4 is 39.6 Å². The van der Waals surface area contributed by atoms with E-state index in [1.807, 2.05) is 36.4 Å². The van der Waals surface area contributed by atoms with E-state index in [9.17, 15) is 0 Å². The molecule has 0 aliphatic carbocycles. The molecule has 138 valence electrons. The number of hydrogen-bond acceptors (Lipinski definition) is 9. The second-order valence-electron chi connectivity index (χ2n) is 5.47. The number of nitrogens with one attached hydrogen (secondary N) is 1. The lowest BCUT2D eigenvalue weighted by Crippen LogP contribution is -1.96. The van der Waals surface area contributed by atoms with Gasteiger partial charge in [-0.15, -0.1) is 21.5 Å². The van der Waals surface area contributed by atoms with Gasteiger partial charge >= 0.3 is 0 Å². The maximum absolute atomic E-state index is 5.29. The third kappa shape index (κ3) is 4.68. The van der Waals surface area contributed by atoms with Crippen molar-refractivity contribution in [3.05, 3.63) is 59.5 Å². The smallest absolute Gasteiger partial charge is 0.206 e. The summed E-state index contributed by atoms with van der Waals surface area (Å²) in [6, 6.07) is 11.7. The van der Waals surface area contributed by atoms with Crippen LogP contribution in [-0.2, 0) is 12.3 Å². The Labute approximate surface area is 168 Å². The zero-order valence-electron chi connectivity index (χ0n) is 14.4. The Kier molecular flexibility index (Phi) is 5.71. The van der Waals surface area contributed by atoms with Crippen molar-refractivity contribution in [1.29, 1.82) is 0 Å². The molecule has 0 saturated carbocycles. The molecule has 9 heteroatoms. The first kappa shape index (κ1) is 18.0. The number of benzene rings is 1. The van der Waals surface area contributed by atoms with Gasteiger partial charge in [0.2, 0.25) is 5.13 Å². The summed E-state index contributed by atoms with van der Waals surface area (Å²) in [6.07, 6.45) is 1.66. The monoisotopic (exact) mass is 416 g/mol. The summed E-state index contributed by atoms with van der Waals surface area (Å²) >= 11 is 4.80. The van der Waals surface area contributed by atoms with Gasteiger partial charge in [-0.05, 0) is 24.3 Å². The zero-order valence-corrected chi connectivity index (χ0v) is 16.9. The van der Waals surface area contributed by atoms with Crippen molar-refractivity contribution in [3.8, 4) is 16.3 Å². The van der Waals surface area contributed by atoms with Crippen LogP contribution in [0.5, 0.6) is 5.75 Å². The van der Waals surface area contributed by atoms with E-state index in [4.69, 9.17) is 14.1 Å². The maximum Gasteiger partial charge on any atom is 0.206 e. The quantitative estimate of drug-likeness (QED) is 0.397. The van der Waals surface area contributed by atoms with E-state index in [0.29, 0.717) is 6.54 Å². The van der Waals surface area contributed by atoms with E-state index in [2.05, 4.69) is 20.9 Å². The molecule has 0 fully saturated rings. The van der Waals surface area contributed by atoms with Gasteiger partial charge in [0.15, 0.2) is 4.34 Å². The number of rotatable bonds is 8. The lowest BCUT2D eigenvalue weighted by atomic mass is 10.2. The number of thioether (sulfide) groups is 1. The van der Waals surface area contributed by atoms with E-state index >= 15 is 0 Å². The van der Waals surface area contributed by atoms with Crippen LogP contribution in [0.4, 0.5) is 5.13 Å². The maximum atomic E-state index is 5.29. The van der Waals surface area contributed by atoms with Gasteiger partial charge in [0.25, 0.3) is 0 Å². The molecule has 6 nitrogen and oxygen atoms in total. The zero-order chi connectivity index (χ0) is 18.5. The van der Waals surface area contributed by atoms with Crippen LogP contribution >= 0.6 is 34.4 Å². The Balaban J connectivity index is 1.33. The molecule has 0 spiro atoms. The van der Waals surface area contributed by atoms with Gasteiger partial charge in [0.1, 0.15) is 16.5 Å². The molecule has 4 aromatic rings. The third-order valence-corrected chi connectivity index (χ3v) is 6.60. The second kappa shape index (κ2) is 8.55. The molecule has 0 atom stereocenters. The van der Waals surface area contributed by atoms with Crippen molar-refractivity contribution < 1.29 is 9.15 Å². The first-order valence-electron chi connectivity index (χ1n) is 8.11. The Bertz CT molecular complexity index is 998. The highest BCUT2D eigenvalue weighted by Gasteiger charge is 2.09. The summed E-state index contributed by atoms with van der Waals surface area (Å²) in [4.78, 5) is 4.72. The van der Waals surface area contributed by atoms with Crippen molar-refractivity contribution in [2.45, 2.75) is 16.6 Å². The topological polar surface area (TPSA) is 73.1 Å². The van der Waals surface area contributed by atoms with Crippen LogP contribution in [0.25, 0.3) is 10.6 Å². The standard InChI is InChI=1S/C18H16N4O2S3/c1-23-14-5-2-4-12(8-14)16-20-13(10-25-16)11-26-18-22-21-17(27-18)19-9-15-6-3-7-24-15/h2-8,10H,9,11H2,1H3,(H,19,21).